The zero-order valence-electron chi connectivity index (χ0n) is 12.4. The van der Waals surface area contributed by atoms with Crippen molar-refractivity contribution in [1.82, 2.24) is 9.97 Å². The number of anilines is 2. The van der Waals surface area contributed by atoms with Gasteiger partial charge in [-0.25, -0.2) is 4.98 Å². The summed E-state index contributed by atoms with van der Waals surface area (Å²) in [6.07, 6.45) is 6.81. The molecule has 1 aliphatic rings. The van der Waals surface area contributed by atoms with Gasteiger partial charge in [-0.3, -0.25) is 0 Å². The van der Waals surface area contributed by atoms with Gasteiger partial charge in [0.1, 0.15) is 10.6 Å². The topological polar surface area (TPSA) is 73.1 Å². The number of nitrogens with one attached hydrogen (secondary N) is 1. The molecule has 2 aromatic heterocycles. The van der Waals surface area contributed by atoms with E-state index in [1.54, 1.807) is 11.3 Å². The van der Waals surface area contributed by atoms with E-state index >= 15 is 0 Å². The summed E-state index contributed by atoms with van der Waals surface area (Å²) in [7, 11) is 0. The number of nitrogen functional groups attached to an aromatic ring is 1. The molecule has 2 heterocycles. The summed E-state index contributed by atoms with van der Waals surface area (Å²) in [5.74, 6) is 1.13. The van der Waals surface area contributed by atoms with E-state index in [0.29, 0.717) is 18.7 Å². The highest BCUT2D eigenvalue weighted by Gasteiger charge is 2.13. The second kappa shape index (κ2) is 6.58. The molecule has 0 unspecified atom stereocenters. The normalized spacial score (nSPS) is 16.4. The van der Waals surface area contributed by atoms with Crippen molar-refractivity contribution in [3.8, 4) is 0 Å². The van der Waals surface area contributed by atoms with E-state index in [1.807, 2.05) is 0 Å². The van der Waals surface area contributed by atoms with Gasteiger partial charge in [0.2, 0.25) is 5.95 Å². The van der Waals surface area contributed by atoms with Crippen molar-refractivity contribution < 1.29 is 4.74 Å². The Balaban J connectivity index is 1.57. The molecule has 0 atom stereocenters. The first-order chi connectivity index (χ1) is 10.2. The summed E-state index contributed by atoms with van der Waals surface area (Å²) < 4.78 is 5.92. The molecule has 2 aromatic rings. The Morgan fingerprint density at radius 2 is 2.14 bits per heavy atom. The summed E-state index contributed by atoms with van der Waals surface area (Å²) in [6, 6.07) is 2.10. The van der Waals surface area contributed by atoms with Crippen LogP contribution in [0.3, 0.4) is 0 Å². The van der Waals surface area contributed by atoms with E-state index < -0.39 is 0 Å². The molecule has 0 radical (unpaired) electrons. The number of thiophene rings is 1. The van der Waals surface area contributed by atoms with Gasteiger partial charge in [0.25, 0.3) is 0 Å². The minimum absolute atomic E-state index is 0.319. The maximum absolute atomic E-state index is 5.92. The number of nitrogens with zero attached hydrogens (tertiary/aromatic N) is 2. The Morgan fingerprint density at radius 3 is 2.95 bits per heavy atom. The number of aromatic nitrogens is 2. The molecule has 0 spiro atoms. The van der Waals surface area contributed by atoms with Crippen molar-refractivity contribution in [2.45, 2.75) is 45.1 Å². The Hall–Kier alpha value is -1.40. The minimum atomic E-state index is 0.319. The maximum Gasteiger partial charge on any atom is 0.223 e. The van der Waals surface area contributed by atoms with E-state index in [9.17, 15) is 0 Å². The van der Waals surface area contributed by atoms with Gasteiger partial charge in [-0.1, -0.05) is 19.3 Å². The number of ether oxygens (including phenoxy) is 1. The second-order valence-corrected chi connectivity index (χ2v) is 6.80. The molecular formula is C15H22N4OS. The molecule has 21 heavy (non-hydrogen) atoms. The monoisotopic (exact) mass is 306 g/mol. The highest BCUT2D eigenvalue weighted by atomic mass is 32.1. The van der Waals surface area contributed by atoms with Crippen molar-refractivity contribution in [2.75, 3.05) is 24.2 Å². The van der Waals surface area contributed by atoms with Crippen LogP contribution in [0, 0.1) is 6.92 Å². The average molecular weight is 306 g/mol. The minimum Gasteiger partial charge on any atom is -0.376 e. The third-order valence-corrected chi connectivity index (χ3v) is 4.78. The Morgan fingerprint density at radius 1 is 1.33 bits per heavy atom. The Kier molecular flexibility index (Phi) is 4.55. The fourth-order valence-electron chi connectivity index (χ4n) is 2.82. The van der Waals surface area contributed by atoms with Crippen LogP contribution in [-0.2, 0) is 4.74 Å². The molecule has 0 aromatic carbocycles. The van der Waals surface area contributed by atoms with Crippen LogP contribution < -0.4 is 11.1 Å². The van der Waals surface area contributed by atoms with Crippen LogP contribution in [0.1, 0.15) is 37.0 Å². The standard InChI is InChI=1S/C15H22N4OS/c1-10-9-12-13(18-15(16)19-14(12)21-10)17-7-8-20-11-5-3-2-4-6-11/h9,11H,2-8H2,1H3,(H3,16,17,18,19). The molecule has 0 saturated heterocycles. The molecular weight excluding hydrogens is 284 g/mol. The first-order valence-corrected chi connectivity index (χ1v) is 8.43. The fraction of sp³-hybridized carbons (Fsp3) is 0.600. The molecule has 114 valence electrons. The van der Waals surface area contributed by atoms with Crippen LogP contribution in [0.4, 0.5) is 11.8 Å². The molecule has 1 fully saturated rings. The number of rotatable bonds is 5. The van der Waals surface area contributed by atoms with Gasteiger partial charge in [0.15, 0.2) is 0 Å². The first-order valence-electron chi connectivity index (χ1n) is 7.61. The van der Waals surface area contributed by atoms with Gasteiger partial charge in [-0.05, 0) is 25.8 Å². The predicted octanol–water partition coefficient (Wildman–Crippen LogP) is 3.34. The lowest BCUT2D eigenvalue weighted by Crippen LogP contribution is -2.20. The first kappa shape index (κ1) is 14.5. The van der Waals surface area contributed by atoms with Crippen LogP contribution in [-0.4, -0.2) is 29.2 Å². The number of hydrogen-bond acceptors (Lipinski definition) is 6. The maximum atomic E-state index is 5.92. The van der Waals surface area contributed by atoms with Crippen LogP contribution in [0.15, 0.2) is 6.07 Å². The molecule has 3 N–H and O–H groups in total. The van der Waals surface area contributed by atoms with Gasteiger partial charge in [0, 0.05) is 11.4 Å². The zero-order valence-corrected chi connectivity index (χ0v) is 13.2. The van der Waals surface area contributed by atoms with E-state index in [-0.39, 0.29) is 0 Å². The molecule has 0 aliphatic heterocycles. The van der Waals surface area contributed by atoms with Crippen LogP contribution in [0.2, 0.25) is 0 Å². The number of fused-ring (bicyclic) bond motifs is 1. The van der Waals surface area contributed by atoms with E-state index in [4.69, 9.17) is 10.5 Å². The van der Waals surface area contributed by atoms with Crippen LogP contribution >= 0.6 is 11.3 Å². The van der Waals surface area contributed by atoms with Gasteiger partial charge in [-0.15, -0.1) is 11.3 Å². The smallest absolute Gasteiger partial charge is 0.223 e. The summed E-state index contributed by atoms with van der Waals surface area (Å²) >= 11 is 1.64. The van der Waals surface area contributed by atoms with Gasteiger partial charge in [-0.2, -0.15) is 4.98 Å². The van der Waals surface area contributed by atoms with Crippen LogP contribution in [0.25, 0.3) is 10.2 Å². The highest BCUT2D eigenvalue weighted by Crippen LogP contribution is 2.28. The molecule has 0 bridgehead atoms. The lowest BCUT2D eigenvalue weighted by molar-refractivity contribution is 0.0347. The Bertz CT molecular complexity index is 607. The summed E-state index contributed by atoms with van der Waals surface area (Å²) in [5, 5.41) is 4.38. The van der Waals surface area contributed by atoms with E-state index in [2.05, 4.69) is 28.3 Å². The number of nitrogens with two attached hydrogens (primary N) is 1. The average Bonchev–Trinajstić information content (AvgIpc) is 2.84. The third kappa shape index (κ3) is 3.63. The Labute approximate surface area is 128 Å². The van der Waals surface area contributed by atoms with Gasteiger partial charge < -0.3 is 15.8 Å². The van der Waals surface area contributed by atoms with Crippen molar-refractivity contribution in [3.05, 3.63) is 10.9 Å². The van der Waals surface area contributed by atoms with Crippen molar-refractivity contribution in [2.24, 2.45) is 0 Å². The summed E-state index contributed by atoms with van der Waals surface area (Å²) in [5.41, 5.74) is 5.77. The molecule has 5 nitrogen and oxygen atoms in total. The molecule has 1 aliphatic carbocycles. The lowest BCUT2D eigenvalue weighted by atomic mass is 9.98. The largest absolute Gasteiger partial charge is 0.376 e. The summed E-state index contributed by atoms with van der Waals surface area (Å²) in [4.78, 5) is 10.7. The van der Waals surface area contributed by atoms with Crippen molar-refractivity contribution in [1.29, 1.82) is 0 Å². The molecule has 3 rings (SSSR count). The lowest BCUT2D eigenvalue weighted by Gasteiger charge is -2.22. The quantitative estimate of drug-likeness (QED) is 0.829. The zero-order chi connectivity index (χ0) is 14.7. The third-order valence-electron chi connectivity index (χ3n) is 3.83. The van der Waals surface area contributed by atoms with E-state index in [0.717, 1.165) is 22.6 Å². The summed E-state index contributed by atoms with van der Waals surface area (Å²) in [6.45, 7) is 3.52. The van der Waals surface area contributed by atoms with Crippen LogP contribution in [0.5, 0.6) is 0 Å². The predicted molar refractivity (Wildman–Crippen MR) is 87.9 cm³/mol. The van der Waals surface area contributed by atoms with Gasteiger partial charge in [0.05, 0.1) is 18.1 Å². The second-order valence-electron chi connectivity index (χ2n) is 5.56. The number of hydrogen-bond donors (Lipinski definition) is 2. The van der Waals surface area contributed by atoms with Crippen molar-refractivity contribution >= 4 is 33.3 Å². The van der Waals surface area contributed by atoms with Crippen molar-refractivity contribution in [3.63, 3.8) is 0 Å². The molecule has 6 heteroatoms. The SMILES string of the molecule is Cc1cc2c(NCCOC3CCCCC3)nc(N)nc2s1. The number of aryl methyl sites for hydroxylation is 1. The molecule has 0 amide bonds. The molecule has 1 saturated carbocycles. The highest BCUT2D eigenvalue weighted by molar-refractivity contribution is 7.18. The van der Waals surface area contributed by atoms with E-state index in [1.165, 1.54) is 37.0 Å². The van der Waals surface area contributed by atoms with Gasteiger partial charge >= 0.3 is 0 Å². The fourth-order valence-corrected chi connectivity index (χ4v) is 3.71.